The lowest BCUT2D eigenvalue weighted by Crippen LogP contribution is -2.38. The molecule has 4 nitrogen and oxygen atoms in total. The molecule has 2 aromatic carbocycles. The number of fused-ring (bicyclic) bond motifs is 3. The second-order valence-electron chi connectivity index (χ2n) is 7.79. The van der Waals surface area contributed by atoms with Crippen molar-refractivity contribution in [2.75, 3.05) is 0 Å². The minimum Gasteiger partial charge on any atom is -0.347 e. The molecule has 1 aromatic heterocycles. The molecule has 0 saturated heterocycles. The number of nitrogens with zero attached hydrogens (tertiary/aromatic N) is 1. The fourth-order valence-corrected chi connectivity index (χ4v) is 5.42. The van der Waals surface area contributed by atoms with Crippen molar-refractivity contribution in [3.8, 4) is 0 Å². The third-order valence-electron chi connectivity index (χ3n) is 5.70. The molecule has 4 rings (SSSR count). The van der Waals surface area contributed by atoms with Crippen molar-refractivity contribution in [3.63, 3.8) is 0 Å². The van der Waals surface area contributed by atoms with Crippen LogP contribution in [0.25, 0.3) is 10.9 Å². The smallest absolute Gasteiger partial charge is 0.240 e. The van der Waals surface area contributed by atoms with Crippen LogP contribution >= 0.6 is 0 Å². The van der Waals surface area contributed by atoms with E-state index in [1.54, 1.807) is 12.1 Å². The molecule has 1 aliphatic rings. The molecule has 5 heteroatoms. The Morgan fingerprint density at radius 1 is 1.07 bits per heavy atom. The highest BCUT2D eigenvalue weighted by atomic mass is 32.2. The number of sulfonamides is 1. The molecule has 1 N–H and O–H groups in total. The van der Waals surface area contributed by atoms with Crippen LogP contribution < -0.4 is 4.72 Å². The highest BCUT2D eigenvalue weighted by molar-refractivity contribution is 7.89. The first-order valence-corrected chi connectivity index (χ1v) is 11.0. The van der Waals surface area contributed by atoms with Crippen molar-refractivity contribution < 1.29 is 8.42 Å². The van der Waals surface area contributed by atoms with Crippen molar-refractivity contribution >= 4 is 20.9 Å². The van der Waals surface area contributed by atoms with Gasteiger partial charge in [0, 0.05) is 29.7 Å². The number of hydrogen-bond donors (Lipinski definition) is 1. The van der Waals surface area contributed by atoms with Gasteiger partial charge in [-0.2, -0.15) is 0 Å². The molecule has 0 bridgehead atoms. The van der Waals surface area contributed by atoms with Gasteiger partial charge >= 0.3 is 0 Å². The van der Waals surface area contributed by atoms with E-state index in [0.717, 1.165) is 24.8 Å². The van der Waals surface area contributed by atoms with Gasteiger partial charge in [-0.15, -0.1) is 0 Å². The van der Waals surface area contributed by atoms with E-state index in [0.29, 0.717) is 10.8 Å². The van der Waals surface area contributed by atoms with E-state index in [2.05, 4.69) is 48.4 Å². The Hall–Kier alpha value is -2.11. The van der Waals surface area contributed by atoms with Crippen LogP contribution in [0.5, 0.6) is 0 Å². The largest absolute Gasteiger partial charge is 0.347 e. The third-order valence-corrected chi connectivity index (χ3v) is 7.24. The third kappa shape index (κ3) is 3.30. The van der Waals surface area contributed by atoms with E-state index in [9.17, 15) is 8.42 Å². The van der Waals surface area contributed by atoms with Crippen LogP contribution in [-0.2, 0) is 29.9 Å². The van der Waals surface area contributed by atoms with Gasteiger partial charge in [-0.05, 0) is 54.5 Å². The maximum absolute atomic E-state index is 12.8. The summed E-state index contributed by atoms with van der Waals surface area (Å²) in [5, 5.41) is 1.24. The Morgan fingerprint density at radius 2 is 1.78 bits per heavy atom. The summed E-state index contributed by atoms with van der Waals surface area (Å²) in [7, 11) is -1.41. The van der Waals surface area contributed by atoms with Gasteiger partial charge in [0.15, 0.2) is 0 Å². The van der Waals surface area contributed by atoms with Crippen LogP contribution in [0.3, 0.4) is 0 Å². The SMILES string of the molecule is CC(C)c1ccc(S(=O)(=O)NC2CCc3c(c4ccccc4n3C)C2)cc1. The monoisotopic (exact) mass is 382 g/mol. The molecule has 27 heavy (non-hydrogen) atoms. The van der Waals surface area contributed by atoms with Crippen molar-refractivity contribution in [3.05, 3.63) is 65.4 Å². The lowest BCUT2D eigenvalue weighted by atomic mass is 9.92. The average Bonchev–Trinajstić information content (AvgIpc) is 2.94. The molecule has 0 fully saturated rings. The van der Waals surface area contributed by atoms with Crippen LogP contribution in [0.4, 0.5) is 0 Å². The van der Waals surface area contributed by atoms with Crippen molar-refractivity contribution in [2.24, 2.45) is 7.05 Å². The average molecular weight is 383 g/mol. The number of aromatic nitrogens is 1. The summed E-state index contributed by atoms with van der Waals surface area (Å²) in [6, 6.07) is 15.5. The Labute approximate surface area is 161 Å². The summed E-state index contributed by atoms with van der Waals surface area (Å²) < 4.78 is 30.9. The summed E-state index contributed by atoms with van der Waals surface area (Å²) in [6.45, 7) is 4.21. The number of para-hydroxylation sites is 1. The molecule has 1 atom stereocenters. The van der Waals surface area contributed by atoms with Gasteiger partial charge in [0.2, 0.25) is 10.0 Å². The summed E-state index contributed by atoms with van der Waals surface area (Å²) in [6.07, 6.45) is 2.44. The van der Waals surface area contributed by atoms with Gasteiger partial charge in [-0.25, -0.2) is 13.1 Å². The first-order valence-electron chi connectivity index (χ1n) is 9.54. The molecule has 0 radical (unpaired) electrons. The van der Waals surface area contributed by atoms with Gasteiger partial charge in [-0.3, -0.25) is 0 Å². The minimum absolute atomic E-state index is 0.0712. The van der Waals surface area contributed by atoms with Gasteiger partial charge in [0.05, 0.1) is 4.90 Å². The topological polar surface area (TPSA) is 51.1 Å². The molecule has 1 aliphatic carbocycles. The lowest BCUT2D eigenvalue weighted by Gasteiger charge is -2.24. The van der Waals surface area contributed by atoms with Gasteiger partial charge < -0.3 is 4.57 Å². The maximum atomic E-state index is 12.8. The molecular formula is C22H26N2O2S. The zero-order valence-corrected chi connectivity index (χ0v) is 16.9. The lowest BCUT2D eigenvalue weighted by molar-refractivity contribution is 0.501. The molecule has 1 heterocycles. The number of hydrogen-bond acceptors (Lipinski definition) is 2. The molecule has 3 aromatic rings. The van der Waals surface area contributed by atoms with Crippen LogP contribution in [0.2, 0.25) is 0 Å². The van der Waals surface area contributed by atoms with E-state index in [1.165, 1.54) is 22.2 Å². The molecule has 0 saturated carbocycles. The zero-order valence-electron chi connectivity index (χ0n) is 16.1. The Morgan fingerprint density at radius 3 is 2.48 bits per heavy atom. The van der Waals surface area contributed by atoms with E-state index >= 15 is 0 Å². The van der Waals surface area contributed by atoms with Gasteiger partial charge in [-0.1, -0.05) is 44.2 Å². The predicted molar refractivity (Wildman–Crippen MR) is 110 cm³/mol. The van der Waals surface area contributed by atoms with Crippen LogP contribution in [-0.4, -0.2) is 19.0 Å². The van der Waals surface area contributed by atoms with E-state index in [-0.39, 0.29) is 6.04 Å². The van der Waals surface area contributed by atoms with E-state index in [4.69, 9.17) is 0 Å². The van der Waals surface area contributed by atoms with Crippen LogP contribution in [0.1, 0.15) is 43.0 Å². The predicted octanol–water partition coefficient (Wildman–Crippen LogP) is 4.14. The van der Waals surface area contributed by atoms with Crippen molar-refractivity contribution in [1.82, 2.24) is 9.29 Å². The normalized spacial score (nSPS) is 17.4. The maximum Gasteiger partial charge on any atom is 0.240 e. The molecular weight excluding hydrogens is 356 g/mol. The second kappa shape index (κ2) is 6.80. The Kier molecular flexibility index (Phi) is 4.60. The number of benzene rings is 2. The van der Waals surface area contributed by atoms with Crippen molar-refractivity contribution in [2.45, 2.75) is 50.0 Å². The van der Waals surface area contributed by atoms with E-state index in [1.807, 2.05) is 18.2 Å². The molecule has 0 spiro atoms. The van der Waals surface area contributed by atoms with Crippen LogP contribution in [0.15, 0.2) is 53.4 Å². The van der Waals surface area contributed by atoms with Crippen LogP contribution in [0, 0.1) is 0 Å². The van der Waals surface area contributed by atoms with Crippen molar-refractivity contribution in [1.29, 1.82) is 0 Å². The molecule has 0 amide bonds. The summed E-state index contributed by atoms with van der Waals surface area (Å²) in [5.41, 5.74) is 4.97. The zero-order chi connectivity index (χ0) is 19.2. The van der Waals surface area contributed by atoms with E-state index < -0.39 is 10.0 Å². The minimum atomic E-state index is -3.51. The standard InChI is InChI=1S/C22H26N2O2S/c1-15(2)16-8-11-18(12-9-16)27(25,26)23-17-10-13-22-20(14-17)19-6-4-5-7-21(19)24(22)3/h4-9,11-12,15,17,23H,10,13-14H2,1-3H3. The Bertz CT molecular complexity index is 1080. The summed E-state index contributed by atoms with van der Waals surface area (Å²) >= 11 is 0. The summed E-state index contributed by atoms with van der Waals surface area (Å²) in [4.78, 5) is 0.343. The highest BCUT2D eigenvalue weighted by Crippen LogP contribution is 2.32. The first-order chi connectivity index (χ1) is 12.9. The second-order valence-corrected chi connectivity index (χ2v) is 9.50. The highest BCUT2D eigenvalue weighted by Gasteiger charge is 2.27. The molecule has 1 unspecified atom stereocenters. The number of aryl methyl sites for hydroxylation is 1. The number of nitrogens with one attached hydrogen (secondary N) is 1. The molecule has 0 aliphatic heterocycles. The van der Waals surface area contributed by atoms with Gasteiger partial charge in [0.1, 0.15) is 0 Å². The quantitative estimate of drug-likeness (QED) is 0.737. The Balaban J connectivity index is 1.58. The fourth-order valence-electron chi connectivity index (χ4n) is 4.15. The number of rotatable bonds is 4. The van der Waals surface area contributed by atoms with Gasteiger partial charge in [0.25, 0.3) is 0 Å². The molecule has 142 valence electrons. The summed E-state index contributed by atoms with van der Waals surface area (Å²) in [5.74, 6) is 0.387. The fraction of sp³-hybridized carbons (Fsp3) is 0.364. The first kappa shape index (κ1) is 18.3.